The molecule has 0 atom stereocenters. The van der Waals surface area contributed by atoms with Gasteiger partial charge in [-0.2, -0.15) is 0 Å². The molecule has 0 aliphatic heterocycles. The van der Waals surface area contributed by atoms with E-state index >= 15 is 0 Å². The summed E-state index contributed by atoms with van der Waals surface area (Å²) in [6.45, 7) is 2.53. The first-order chi connectivity index (χ1) is 9.20. The zero-order valence-corrected chi connectivity index (χ0v) is 11.4. The number of ether oxygens (including phenoxy) is 1. The molecule has 0 bridgehead atoms. The molecule has 1 heterocycles. The highest BCUT2D eigenvalue weighted by Gasteiger charge is 2.09. The predicted molar refractivity (Wildman–Crippen MR) is 74.9 cm³/mol. The molecule has 3 nitrogen and oxygen atoms in total. The molecule has 0 N–H and O–H groups in total. The van der Waals surface area contributed by atoms with E-state index < -0.39 is 0 Å². The standard InChI is InChI=1S/C15H14ClNO2/c1-2-19-13-5-3-11(4-6-13)15(18)9-12-7-8-17-10-14(12)16/h3-8,10H,2,9H2,1H3. The van der Waals surface area contributed by atoms with Gasteiger partial charge >= 0.3 is 0 Å². The Morgan fingerprint density at radius 1 is 1.26 bits per heavy atom. The van der Waals surface area contributed by atoms with Gasteiger partial charge in [-0.1, -0.05) is 11.6 Å². The SMILES string of the molecule is CCOc1ccc(C(=O)Cc2ccncc2Cl)cc1. The lowest BCUT2D eigenvalue weighted by Crippen LogP contribution is -2.04. The van der Waals surface area contributed by atoms with Gasteiger partial charge in [-0.15, -0.1) is 0 Å². The Hall–Kier alpha value is -1.87. The molecule has 98 valence electrons. The van der Waals surface area contributed by atoms with E-state index in [-0.39, 0.29) is 12.2 Å². The Morgan fingerprint density at radius 2 is 2.00 bits per heavy atom. The van der Waals surface area contributed by atoms with E-state index in [4.69, 9.17) is 16.3 Å². The second-order valence-electron chi connectivity index (χ2n) is 4.02. The van der Waals surface area contributed by atoms with Crippen molar-refractivity contribution in [2.45, 2.75) is 13.3 Å². The summed E-state index contributed by atoms with van der Waals surface area (Å²) in [5.74, 6) is 0.789. The van der Waals surface area contributed by atoms with Crippen LogP contribution in [0.2, 0.25) is 5.02 Å². The van der Waals surface area contributed by atoms with Gasteiger partial charge < -0.3 is 4.74 Å². The molecule has 2 rings (SSSR count). The third-order valence-corrected chi connectivity index (χ3v) is 3.04. The Balaban J connectivity index is 2.10. The first kappa shape index (κ1) is 13.6. The van der Waals surface area contributed by atoms with Crippen LogP contribution in [0.3, 0.4) is 0 Å². The summed E-state index contributed by atoms with van der Waals surface area (Å²) < 4.78 is 5.34. The lowest BCUT2D eigenvalue weighted by molar-refractivity contribution is 0.0993. The number of benzene rings is 1. The van der Waals surface area contributed by atoms with Crippen LogP contribution in [-0.4, -0.2) is 17.4 Å². The number of aromatic nitrogens is 1. The molecule has 0 amide bonds. The van der Waals surface area contributed by atoms with Crippen molar-refractivity contribution in [2.75, 3.05) is 6.61 Å². The smallest absolute Gasteiger partial charge is 0.167 e. The van der Waals surface area contributed by atoms with Crippen molar-refractivity contribution in [1.29, 1.82) is 0 Å². The lowest BCUT2D eigenvalue weighted by atomic mass is 10.0. The minimum atomic E-state index is 0.0242. The maximum Gasteiger partial charge on any atom is 0.167 e. The number of ketones is 1. The van der Waals surface area contributed by atoms with Gasteiger partial charge in [0, 0.05) is 24.4 Å². The largest absolute Gasteiger partial charge is 0.494 e. The third-order valence-electron chi connectivity index (χ3n) is 2.69. The molecular weight excluding hydrogens is 262 g/mol. The number of rotatable bonds is 5. The Labute approximate surface area is 117 Å². The average Bonchev–Trinajstić information content (AvgIpc) is 2.42. The summed E-state index contributed by atoms with van der Waals surface area (Å²) in [5, 5.41) is 0.516. The van der Waals surface area contributed by atoms with E-state index in [1.54, 1.807) is 42.7 Å². The Bertz CT molecular complexity index is 567. The van der Waals surface area contributed by atoms with Gasteiger partial charge in [-0.3, -0.25) is 9.78 Å². The fraction of sp³-hybridized carbons (Fsp3) is 0.200. The van der Waals surface area contributed by atoms with Crippen LogP contribution in [0, 0.1) is 0 Å². The van der Waals surface area contributed by atoms with Crippen molar-refractivity contribution in [3.8, 4) is 5.75 Å². The third kappa shape index (κ3) is 3.55. The predicted octanol–water partition coefficient (Wildman–Crippen LogP) is 3.56. The van der Waals surface area contributed by atoms with Gasteiger partial charge in [0.1, 0.15) is 5.75 Å². The van der Waals surface area contributed by atoms with Crippen molar-refractivity contribution in [2.24, 2.45) is 0 Å². The van der Waals surface area contributed by atoms with Crippen LogP contribution >= 0.6 is 11.6 Å². The molecule has 0 aliphatic carbocycles. The van der Waals surface area contributed by atoms with Crippen LogP contribution in [0.15, 0.2) is 42.7 Å². The average molecular weight is 276 g/mol. The molecule has 2 aromatic rings. The highest BCUT2D eigenvalue weighted by molar-refractivity contribution is 6.31. The van der Waals surface area contributed by atoms with Crippen molar-refractivity contribution in [1.82, 2.24) is 4.98 Å². The summed E-state index contributed by atoms with van der Waals surface area (Å²) in [6.07, 6.45) is 3.45. The number of Topliss-reactive ketones (excluding diaryl/α,β-unsaturated/α-hetero) is 1. The van der Waals surface area contributed by atoms with E-state index in [1.807, 2.05) is 6.92 Å². The van der Waals surface area contributed by atoms with Gasteiger partial charge in [-0.25, -0.2) is 0 Å². The summed E-state index contributed by atoms with van der Waals surface area (Å²) in [4.78, 5) is 16.0. The van der Waals surface area contributed by atoms with Crippen LogP contribution in [-0.2, 0) is 6.42 Å². The topological polar surface area (TPSA) is 39.2 Å². The van der Waals surface area contributed by atoms with Crippen molar-refractivity contribution >= 4 is 17.4 Å². The number of nitrogens with zero attached hydrogens (tertiary/aromatic N) is 1. The number of hydrogen-bond donors (Lipinski definition) is 0. The van der Waals surface area contributed by atoms with Gasteiger partial charge in [0.15, 0.2) is 5.78 Å². The number of carbonyl (C=O) groups is 1. The molecule has 0 spiro atoms. The summed E-state index contributed by atoms with van der Waals surface area (Å²) in [6, 6.07) is 8.88. The molecule has 0 saturated heterocycles. The zero-order valence-electron chi connectivity index (χ0n) is 10.6. The second kappa shape index (κ2) is 6.34. The van der Waals surface area contributed by atoms with Gasteiger partial charge in [0.2, 0.25) is 0 Å². The molecule has 0 radical (unpaired) electrons. The van der Waals surface area contributed by atoms with Crippen molar-refractivity contribution < 1.29 is 9.53 Å². The fourth-order valence-electron chi connectivity index (χ4n) is 1.73. The van der Waals surface area contributed by atoms with E-state index in [9.17, 15) is 4.79 Å². The van der Waals surface area contributed by atoms with Crippen LogP contribution in [0.1, 0.15) is 22.8 Å². The van der Waals surface area contributed by atoms with Crippen LogP contribution in [0.4, 0.5) is 0 Å². The van der Waals surface area contributed by atoms with E-state index in [1.165, 1.54) is 0 Å². The number of hydrogen-bond acceptors (Lipinski definition) is 3. The monoisotopic (exact) mass is 275 g/mol. The van der Waals surface area contributed by atoms with E-state index in [2.05, 4.69) is 4.98 Å². The molecule has 1 aromatic carbocycles. The van der Waals surface area contributed by atoms with Gasteiger partial charge in [0.05, 0.1) is 11.6 Å². The number of halogens is 1. The summed E-state index contributed by atoms with van der Waals surface area (Å²) in [7, 11) is 0. The van der Waals surface area contributed by atoms with Crippen molar-refractivity contribution in [3.63, 3.8) is 0 Å². The zero-order chi connectivity index (χ0) is 13.7. The van der Waals surface area contributed by atoms with Crippen molar-refractivity contribution in [3.05, 3.63) is 58.9 Å². The quantitative estimate of drug-likeness (QED) is 0.783. The molecule has 0 fully saturated rings. The Morgan fingerprint density at radius 3 is 2.63 bits per heavy atom. The molecule has 19 heavy (non-hydrogen) atoms. The molecular formula is C15H14ClNO2. The normalized spacial score (nSPS) is 10.2. The minimum Gasteiger partial charge on any atom is -0.494 e. The maximum absolute atomic E-state index is 12.1. The maximum atomic E-state index is 12.1. The first-order valence-electron chi connectivity index (χ1n) is 6.05. The molecule has 1 aromatic heterocycles. The van der Waals surface area contributed by atoms with Crippen LogP contribution in [0.5, 0.6) is 5.75 Å². The fourth-order valence-corrected chi connectivity index (χ4v) is 1.91. The molecule has 0 aliphatic rings. The second-order valence-corrected chi connectivity index (χ2v) is 4.43. The highest BCUT2D eigenvalue weighted by atomic mass is 35.5. The summed E-state index contributed by atoms with van der Waals surface area (Å²) in [5.41, 5.74) is 1.44. The lowest BCUT2D eigenvalue weighted by Gasteiger charge is -2.05. The number of pyridine rings is 1. The molecule has 0 saturated carbocycles. The Kier molecular flexibility index (Phi) is 4.53. The number of carbonyl (C=O) groups excluding carboxylic acids is 1. The van der Waals surface area contributed by atoms with Crippen LogP contribution in [0.25, 0.3) is 0 Å². The molecule has 0 unspecified atom stereocenters. The molecule has 4 heteroatoms. The first-order valence-corrected chi connectivity index (χ1v) is 6.43. The summed E-state index contributed by atoms with van der Waals surface area (Å²) >= 11 is 5.99. The minimum absolute atomic E-state index is 0.0242. The van der Waals surface area contributed by atoms with E-state index in [0.29, 0.717) is 17.2 Å². The van der Waals surface area contributed by atoms with Crippen LogP contribution < -0.4 is 4.74 Å². The van der Waals surface area contributed by atoms with Gasteiger partial charge in [-0.05, 0) is 42.8 Å². The highest BCUT2D eigenvalue weighted by Crippen LogP contribution is 2.18. The van der Waals surface area contributed by atoms with E-state index in [0.717, 1.165) is 11.3 Å². The van der Waals surface area contributed by atoms with Gasteiger partial charge in [0.25, 0.3) is 0 Å².